The highest BCUT2D eigenvalue weighted by Crippen LogP contribution is 2.27. The third-order valence-corrected chi connectivity index (χ3v) is 4.59. The number of aryl methyl sites for hydroxylation is 2. The quantitative estimate of drug-likeness (QED) is 0.750. The Balaban J connectivity index is 2.40. The van der Waals surface area contributed by atoms with Crippen LogP contribution >= 0.6 is 38.6 Å². The molecular formula is C11H9BrOS2. The molecule has 2 aromatic rings. The maximum absolute atomic E-state index is 12.1. The number of thiophene rings is 2. The minimum Gasteiger partial charge on any atom is -0.289 e. The largest absolute Gasteiger partial charge is 0.289 e. The van der Waals surface area contributed by atoms with Gasteiger partial charge < -0.3 is 0 Å². The van der Waals surface area contributed by atoms with Crippen molar-refractivity contribution in [2.24, 2.45) is 0 Å². The molecule has 15 heavy (non-hydrogen) atoms. The van der Waals surface area contributed by atoms with Crippen molar-refractivity contribution in [2.45, 2.75) is 13.8 Å². The zero-order valence-corrected chi connectivity index (χ0v) is 11.6. The van der Waals surface area contributed by atoms with Gasteiger partial charge in [-0.05, 0) is 41.9 Å². The van der Waals surface area contributed by atoms with E-state index in [0.29, 0.717) is 0 Å². The molecule has 2 heterocycles. The smallest absolute Gasteiger partial charge is 0.195 e. The summed E-state index contributed by atoms with van der Waals surface area (Å²) in [6.07, 6.45) is 0. The molecule has 0 unspecified atom stereocenters. The summed E-state index contributed by atoms with van der Waals surface area (Å²) in [6.45, 7) is 4.02. The Morgan fingerprint density at radius 3 is 2.53 bits per heavy atom. The van der Waals surface area contributed by atoms with Crippen LogP contribution in [0.15, 0.2) is 21.3 Å². The summed E-state index contributed by atoms with van der Waals surface area (Å²) in [6, 6.07) is 3.84. The first kappa shape index (κ1) is 11.0. The fourth-order valence-corrected chi connectivity index (χ4v) is 3.50. The van der Waals surface area contributed by atoms with E-state index in [9.17, 15) is 4.79 Å². The molecule has 1 nitrogen and oxygen atoms in total. The van der Waals surface area contributed by atoms with Crippen LogP contribution < -0.4 is 0 Å². The monoisotopic (exact) mass is 300 g/mol. The molecular weight excluding hydrogens is 292 g/mol. The van der Waals surface area contributed by atoms with Crippen LogP contribution in [0.5, 0.6) is 0 Å². The molecule has 0 N–H and O–H groups in total. The predicted molar refractivity (Wildman–Crippen MR) is 69.2 cm³/mol. The van der Waals surface area contributed by atoms with Crippen molar-refractivity contribution >= 4 is 44.4 Å². The Bertz CT molecular complexity index is 510. The molecule has 0 saturated carbocycles. The van der Waals surface area contributed by atoms with Crippen LogP contribution in [0.2, 0.25) is 0 Å². The van der Waals surface area contributed by atoms with E-state index < -0.39 is 0 Å². The van der Waals surface area contributed by atoms with E-state index in [2.05, 4.69) is 15.9 Å². The zero-order chi connectivity index (χ0) is 11.0. The molecule has 0 atom stereocenters. The molecule has 2 rings (SSSR count). The summed E-state index contributed by atoms with van der Waals surface area (Å²) in [7, 11) is 0. The lowest BCUT2D eigenvalue weighted by molar-refractivity contribution is 0.103. The number of hydrogen-bond donors (Lipinski definition) is 0. The van der Waals surface area contributed by atoms with Crippen LogP contribution in [-0.2, 0) is 0 Å². The van der Waals surface area contributed by atoms with Crippen molar-refractivity contribution in [3.63, 3.8) is 0 Å². The molecule has 0 bridgehead atoms. The first-order valence-corrected chi connectivity index (χ1v) is 6.92. The van der Waals surface area contributed by atoms with Gasteiger partial charge in [-0.15, -0.1) is 22.7 Å². The van der Waals surface area contributed by atoms with Crippen molar-refractivity contribution in [2.75, 3.05) is 0 Å². The van der Waals surface area contributed by atoms with E-state index in [4.69, 9.17) is 0 Å². The van der Waals surface area contributed by atoms with Crippen molar-refractivity contribution in [3.05, 3.63) is 42.2 Å². The van der Waals surface area contributed by atoms with E-state index in [1.807, 2.05) is 31.4 Å². The Morgan fingerprint density at radius 2 is 2.07 bits per heavy atom. The zero-order valence-electron chi connectivity index (χ0n) is 8.33. The molecule has 4 heteroatoms. The van der Waals surface area contributed by atoms with Crippen molar-refractivity contribution in [1.29, 1.82) is 0 Å². The maximum Gasteiger partial charge on any atom is 0.195 e. The minimum atomic E-state index is 0.124. The van der Waals surface area contributed by atoms with Crippen LogP contribution in [0.3, 0.4) is 0 Å². The van der Waals surface area contributed by atoms with Crippen LogP contribution in [0.4, 0.5) is 0 Å². The summed E-state index contributed by atoms with van der Waals surface area (Å²) in [5.74, 6) is 0.124. The molecule has 0 radical (unpaired) electrons. The van der Waals surface area contributed by atoms with Crippen LogP contribution in [0.1, 0.15) is 25.7 Å². The van der Waals surface area contributed by atoms with Gasteiger partial charge in [-0.3, -0.25) is 4.79 Å². The summed E-state index contributed by atoms with van der Waals surface area (Å²) in [5, 5.41) is 1.89. The molecule has 0 aliphatic carbocycles. The number of carbonyl (C=O) groups excluding carboxylic acids is 1. The number of halogens is 1. The van der Waals surface area contributed by atoms with Gasteiger partial charge in [0, 0.05) is 26.3 Å². The Labute approximate surface area is 105 Å². The van der Waals surface area contributed by atoms with Crippen LogP contribution in [0, 0.1) is 13.8 Å². The molecule has 0 spiro atoms. The van der Waals surface area contributed by atoms with E-state index in [-0.39, 0.29) is 5.78 Å². The van der Waals surface area contributed by atoms with Gasteiger partial charge >= 0.3 is 0 Å². The van der Waals surface area contributed by atoms with Gasteiger partial charge in [0.25, 0.3) is 0 Å². The lowest BCUT2D eigenvalue weighted by Gasteiger charge is -1.95. The van der Waals surface area contributed by atoms with E-state index in [0.717, 1.165) is 19.8 Å². The fraction of sp³-hybridized carbons (Fsp3) is 0.182. The standard InChI is InChI=1S/C11H9BrOS2/c1-6-3-9(7(2)15-6)11(13)8-4-10(12)14-5-8/h3-5H,1-2H3. The minimum absolute atomic E-state index is 0.124. The number of carbonyl (C=O) groups is 1. The highest BCUT2D eigenvalue weighted by molar-refractivity contribution is 9.11. The topological polar surface area (TPSA) is 17.1 Å². The summed E-state index contributed by atoms with van der Waals surface area (Å²) >= 11 is 6.57. The fourth-order valence-electron chi connectivity index (χ4n) is 1.44. The SMILES string of the molecule is Cc1cc(C(=O)c2csc(Br)c2)c(C)s1. The summed E-state index contributed by atoms with van der Waals surface area (Å²) in [5.41, 5.74) is 1.61. The highest BCUT2D eigenvalue weighted by Gasteiger charge is 2.15. The second-order valence-corrected chi connectivity index (χ2v) is 7.05. The average molecular weight is 301 g/mol. The van der Waals surface area contributed by atoms with E-state index >= 15 is 0 Å². The molecule has 0 saturated heterocycles. The second-order valence-electron chi connectivity index (χ2n) is 3.30. The first-order chi connectivity index (χ1) is 7.08. The van der Waals surface area contributed by atoms with Gasteiger partial charge in [0.1, 0.15) is 0 Å². The third-order valence-electron chi connectivity index (χ3n) is 2.12. The molecule has 0 aliphatic heterocycles. The predicted octanol–water partition coefficient (Wildman–Crippen LogP) is 4.42. The van der Waals surface area contributed by atoms with Gasteiger partial charge in [-0.2, -0.15) is 0 Å². The molecule has 78 valence electrons. The van der Waals surface area contributed by atoms with Gasteiger partial charge in [0.2, 0.25) is 0 Å². The third kappa shape index (κ3) is 2.22. The van der Waals surface area contributed by atoms with Gasteiger partial charge in [0.05, 0.1) is 3.79 Å². The Morgan fingerprint density at radius 1 is 1.33 bits per heavy atom. The average Bonchev–Trinajstić information content (AvgIpc) is 2.71. The van der Waals surface area contributed by atoms with Gasteiger partial charge in [0.15, 0.2) is 5.78 Å². The number of hydrogen-bond acceptors (Lipinski definition) is 3. The Hall–Kier alpha value is -0.450. The summed E-state index contributed by atoms with van der Waals surface area (Å²) in [4.78, 5) is 14.4. The van der Waals surface area contributed by atoms with Crippen LogP contribution in [-0.4, -0.2) is 5.78 Å². The molecule has 0 aliphatic rings. The van der Waals surface area contributed by atoms with E-state index in [1.54, 1.807) is 11.3 Å². The molecule has 0 aromatic carbocycles. The number of rotatable bonds is 2. The molecule has 2 aromatic heterocycles. The first-order valence-electron chi connectivity index (χ1n) is 4.43. The van der Waals surface area contributed by atoms with Crippen molar-refractivity contribution in [3.8, 4) is 0 Å². The second kappa shape index (κ2) is 4.20. The normalized spacial score (nSPS) is 10.6. The van der Waals surface area contributed by atoms with Crippen molar-refractivity contribution < 1.29 is 4.79 Å². The highest BCUT2D eigenvalue weighted by atomic mass is 79.9. The molecule has 0 amide bonds. The maximum atomic E-state index is 12.1. The molecule has 0 fully saturated rings. The van der Waals surface area contributed by atoms with E-state index in [1.165, 1.54) is 16.2 Å². The van der Waals surface area contributed by atoms with Crippen molar-refractivity contribution in [1.82, 2.24) is 0 Å². The van der Waals surface area contributed by atoms with Gasteiger partial charge in [-0.25, -0.2) is 0 Å². The summed E-state index contributed by atoms with van der Waals surface area (Å²) < 4.78 is 0.996. The number of ketones is 1. The van der Waals surface area contributed by atoms with Gasteiger partial charge in [-0.1, -0.05) is 0 Å². The van der Waals surface area contributed by atoms with Crippen LogP contribution in [0.25, 0.3) is 0 Å². The lowest BCUT2D eigenvalue weighted by atomic mass is 10.1. The lowest BCUT2D eigenvalue weighted by Crippen LogP contribution is -1.98. The Kier molecular flexibility index (Phi) is 3.09.